The summed E-state index contributed by atoms with van der Waals surface area (Å²) in [6.45, 7) is 2.49. The summed E-state index contributed by atoms with van der Waals surface area (Å²) in [7, 11) is 0. The van der Waals surface area contributed by atoms with E-state index in [0.29, 0.717) is 11.6 Å². The van der Waals surface area contributed by atoms with Crippen LogP contribution in [0.1, 0.15) is 12.5 Å². The van der Waals surface area contributed by atoms with E-state index in [9.17, 15) is 5.26 Å². The molecule has 2 aromatic rings. The largest absolute Gasteiger partial charge is 0.336 e. The number of nitriles is 1. The van der Waals surface area contributed by atoms with Gasteiger partial charge in [-0.3, -0.25) is 0 Å². The standard InChI is InChI=1S/C13H12ClN3/c1-13(8-15,9-17-7-6-16-10-17)11-2-4-12(14)5-3-11/h2-7,10H,9H2,1H3. The summed E-state index contributed by atoms with van der Waals surface area (Å²) in [6.07, 6.45) is 5.27. The third-order valence-corrected chi connectivity index (χ3v) is 3.04. The highest BCUT2D eigenvalue weighted by Crippen LogP contribution is 2.26. The number of imidazole rings is 1. The average Bonchev–Trinajstić information content (AvgIpc) is 2.82. The molecule has 1 aromatic carbocycles. The van der Waals surface area contributed by atoms with E-state index in [4.69, 9.17) is 11.6 Å². The molecule has 0 spiro atoms. The molecule has 1 atom stereocenters. The second-order valence-electron chi connectivity index (χ2n) is 4.19. The van der Waals surface area contributed by atoms with Crippen molar-refractivity contribution in [2.45, 2.75) is 18.9 Å². The van der Waals surface area contributed by atoms with Crippen molar-refractivity contribution < 1.29 is 0 Å². The minimum Gasteiger partial charge on any atom is -0.336 e. The average molecular weight is 246 g/mol. The van der Waals surface area contributed by atoms with Crippen molar-refractivity contribution in [2.75, 3.05) is 0 Å². The first-order valence-corrected chi connectivity index (χ1v) is 5.65. The molecule has 1 aromatic heterocycles. The van der Waals surface area contributed by atoms with Crippen LogP contribution >= 0.6 is 11.6 Å². The SMILES string of the molecule is CC(C#N)(Cn1ccnc1)c1ccc(Cl)cc1. The van der Waals surface area contributed by atoms with Gasteiger partial charge in [-0.25, -0.2) is 4.98 Å². The molecular formula is C13H12ClN3. The van der Waals surface area contributed by atoms with Gasteiger partial charge < -0.3 is 4.57 Å². The minimum absolute atomic E-state index is 0.575. The zero-order valence-electron chi connectivity index (χ0n) is 9.47. The molecule has 0 aliphatic heterocycles. The number of nitrogens with zero attached hydrogens (tertiary/aromatic N) is 3. The molecule has 0 aliphatic rings. The second-order valence-corrected chi connectivity index (χ2v) is 4.62. The van der Waals surface area contributed by atoms with E-state index in [1.54, 1.807) is 24.7 Å². The summed E-state index contributed by atoms with van der Waals surface area (Å²) in [5.74, 6) is 0. The molecule has 2 rings (SSSR count). The quantitative estimate of drug-likeness (QED) is 0.834. The third kappa shape index (κ3) is 2.48. The highest BCUT2D eigenvalue weighted by Gasteiger charge is 2.26. The Bertz CT molecular complexity index is 525. The van der Waals surface area contributed by atoms with Gasteiger partial charge in [0.25, 0.3) is 0 Å². The molecule has 4 heteroatoms. The maximum absolute atomic E-state index is 9.39. The maximum atomic E-state index is 9.39. The van der Waals surface area contributed by atoms with Crippen LogP contribution in [-0.4, -0.2) is 9.55 Å². The lowest BCUT2D eigenvalue weighted by molar-refractivity contribution is 0.496. The maximum Gasteiger partial charge on any atom is 0.0972 e. The van der Waals surface area contributed by atoms with E-state index in [-0.39, 0.29) is 0 Å². The molecule has 0 bridgehead atoms. The van der Waals surface area contributed by atoms with Gasteiger partial charge in [0.1, 0.15) is 0 Å². The Kier molecular flexibility index (Phi) is 3.16. The van der Waals surface area contributed by atoms with Gasteiger partial charge in [-0.05, 0) is 24.6 Å². The van der Waals surface area contributed by atoms with Crippen molar-refractivity contribution in [1.29, 1.82) is 5.26 Å². The van der Waals surface area contributed by atoms with Crippen LogP contribution in [0.2, 0.25) is 5.02 Å². The first-order chi connectivity index (χ1) is 8.14. The minimum atomic E-state index is -0.578. The lowest BCUT2D eigenvalue weighted by Crippen LogP contribution is -2.25. The van der Waals surface area contributed by atoms with Gasteiger partial charge >= 0.3 is 0 Å². The van der Waals surface area contributed by atoms with Gasteiger partial charge in [-0.15, -0.1) is 0 Å². The summed E-state index contributed by atoms with van der Waals surface area (Å²) in [6, 6.07) is 9.76. The molecule has 1 unspecified atom stereocenters. The predicted molar refractivity (Wildman–Crippen MR) is 66.6 cm³/mol. The van der Waals surface area contributed by atoms with Crippen LogP contribution in [0.3, 0.4) is 0 Å². The van der Waals surface area contributed by atoms with Crippen molar-refractivity contribution in [3.63, 3.8) is 0 Å². The Labute approximate surface area is 105 Å². The van der Waals surface area contributed by atoms with E-state index in [0.717, 1.165) is 5.56 Å². The highest BCUT2D eigenvalue weighted by atomic mass is 35.5. The lowest BCUT2D eigenvalue weighted by Gasteiger charge is -2.22. The van der Waals surface area contributed by atoms with Gasteiger partial charge in [0.2, 0.25) is 0 Å². The van der Waals surface area contributed by atoms with E-state index < -0.39 is 5.41 Å². The van der Waals surface area contributed by atoms with E-state index in [1.807, 2.05) is 29.8 Å². The molecule has 3 nitrogen and oxygen atoms in total. The van der Waals surface area contributed by atoms with Crippen molar-refractivity contribution in [1.82, 2.24) is 9.55 Å². The lowest BCUT2D eigenvalue weighted by atomic mass is 9.84. The van der Waals surface area contributed by atoms with Crippen LogP contribution in [-0.2, 0) is 12.0 Å². The number of benzene rings is 1. The van der Waals surface area contributed by atoms with E-state index in [2.05, 4.69) is 11.1 Å². The molecular weight excluding hydrogens is 234 g/mol. The molecule has 0 aliphatic carbocycles. The van der Waals surface area contributed by atoms with Crippen molar-refractivity contribution >= 4 is 11.6 Å². The fourth-order valence-corrected chi connectivity index (χ4v) is 1.88. The second kappa shape index (κ2) is 4.60. The summed E-state index contributed by atoms with van der Waals surface area (Å²) in [5.41, 5.74) is 0.378. The molecule has 0 saturated heterocycles. The van der Waals surface area contributed by atoms with Crippen LogP contribution in [0.15, 0.2) is 43.0 Å². The molecule has 0 saturated carbocycles. The third-order valence-electron chi connectivity index (χ3n) is 2.79. The first-order valence-electron chi connectivity index (χ1n) is 5.27. The normalized spacial score (nSPS) is 13.9. The molecule has 0 fully saturated rings. The number of rotatable bonds is 3. The molecule has 0 radical (unpaired) electrons. The van der Waals surface area contributed by atoms with Crippen LogP contribution in [0.25, 0.3) is 0 Å². The Morgan fingerprint density at radius 3 is 2.65 bits per heavy atom. The summed E-state index contributed by atoms with van der Waals surface area (Å²) >= 11 is 5.85. The Balaban J connectivity index is 2.31. The Hall–Kier alpha value is -1.79. The first kappa shape index (κ1) is 11.7. The predicted octanol–water partition coefficient (Wildman–Crippen LogP) is 3.02. The van der Waals surface area contributed by atoms with Crippen LogP contribution in [0.5, 0.6) is 0 Å². The summed E-state index contributed by atoms with van der Waals surface area (Å²) < 4.78 is 1.90. The van der Waals surface area contributed by atoms with Crippen molar-refractivity contribution in [3.05, 3.63) is 53.6 Å². The molecule has 1 heterocycles. The molecule has 0 amide bonds. The molecule has 0 N–H and O–H groups in total. The van der Waals surface area contributed by atoms with Gasteiger partial charge in [0.05, 0.1) is 17.8 Å². The number of hydrogen-bond acceptors (Lipinski definition) is 2. The van der Waals surface area contributed by atoms with Crippen LogP contribution in [0, 0.1) is 11.3 Å². The van der Waals surface area contributed by atoms with Crippen molar-refractivity contribution in [3.8, 4) is 6.07 Å². The van der Waals surface area contributed by atoms with Gasteiger partial charge in [0.15, 0.2) is 0 Å². The fraction of sp³-hybridized carbons (Fsp3) is 0.231. The fourth-order valence-electron chi connectivity index (χ4n) is 1.75. The van der Waals surface area contributed by atoms with E-state index in [1.165, 1.54) is 0 Å². The number of hydrogen-bond donors (Lipinski definition) is 0. The van der Waals surface area contributed by atoms with Crippen LogP contribution < -0.4 is 0 Å². The summed E-state index contributed by atoms with van der Waals surface area (Å²) in [4.78, 5) is 3.98. The smallest absolute Gasteiger partial charge is 0.0972 e. The number of halogens is 1. The van der Waals surface area contributed by atoms with Crippen LogP contribution in [0.4, 0.5) is 0 Å². The molecule has 17 heavy (non-hydrogen) atoms. The highest BCUT2D eigenvalue weighted by molar-refractivity contribution is 6.30. The van der Waals surface area contributed by atoms with Gasteiger partial charge in [-0.2, -0.15) is 5.26 Å². The van der Waals surface area contributed by atoms with E-state index >= 15 is 0 Å². The molecule has 86 valence electrons. The van der Waals surface area contributed by atoms with Gasteiger partial charge in [0, 0.05) is 24.0 Å². The topological polar surface area (TPSA) is 41.6 Å². The van der Waals surface area contributed by atoms with Crippen molar-refractivity contribution in [2.24, 2.45) is 0 Å². The monoisotopic (exact) mass is 245 g/mol. The van der Waals surface area contributed by atoms with Gasteiger partial charge in [-0.1, -0.05) is 23.7 Å². The number of aromatic nitrogens is 2. The summed E-state index contributed by atoms with van der Waals surface area (Å²) in [5, 5.41) is 10.1. The Morgan fingerprint density at radius 2 is 2.12 bits per heavy atom. The zero-order chi connectivity index (χ0) is 12.3. The Morgan fingerprint density at radius 1 is 1.41 bits per heavy atom. The zero-order valence-corrected chi connectivity index (χ0v) is 10.2.